The third-order valence-electron chi connectivity index (χ3n) is 6.37. The summed E-state index contributed by atoms with van der Waals surface area (Å²) in [6.07, 6.45) is 6.36. The lowest BCUT2D eigenvalue weighted by Gasteiger charge is -2.20. The Labute approximate surface area is 207 Å². The highest BCUT2D eigenvalue weighted by Crippen LogP contribution is 2.46. The topological polar surface area (TPSA) is 101 Å². The Morgan fingerprint density at radius 1 is 1.03 bits per heavy atom. The summed E-state index contributed by atoms with van der Waals surface area (Å²) in [5, 5.41) is 0. The Morgan fingerprint density at radius 2 is 1.86 bits per heavy atom. The third-order valence-corrected chi connectivity index (χ3v) is 6.93. The second kappa shape index (κ2) is 8.40. The molecule has 1 fully saturated rings. The van der Waals surface area contributed by atoms with E-state index in [0.717, 1.165) is 22.8 Å². The van der Waals surface area contributed by atoms with Gasteiger partial charge >= 0.3 is 0 Å². The smallest absolute Gasteiger partial charge is 0.139 e. The minimum atomic E-state index is -2.51. The number of imidazole rings is 2. The fourth-order valence-electron chi connectivity index (χ4n) is 4.38. The molecular formula is C25H19F2N6O2S-. The summed E-state index contributed by atoms with van der Waals surface area (Å²) in [7, 11) is 1.90. The zero-order valence-corrected chi connectivity index (χ0v) is 19.8. The number of nitrogens with zero attached hydrogens (tertiary/aromatic N) is 5. The van der Waals surface area contributed by atoms with Crippen LogP contribution in [0.1, 0.15) is 18.5 Å². The number of hydrogen-bond acceptors (Lipinski definition) is 5. The fraction of sp³-hybridized carbons (Fsp3) is 0.160. The van der Waals surface area contributed by atoms with Crippen LogP contribution in [0.4, 0.5) is 8.78 Å². The number of pyridine rings is 1. The molecule has 6 rings (SSSR count). The number of benzene rings is 2. The lowest BCUT2D eigenvalue weighted by atomic mass is 10.0. The first kappa shape index (κ1) is 22.7. The van der Waals surface area contributed by atoms with Crippen LogP contribution in [0.3, 0.4) is 0 Å². The van der Waals surface area contributed by atoms with Crippen LogP contribution >= 0.6 is 0 Å². The van der Waals surface area contributed by atoms with Crippen LogP contribution in [-0.2, 0) is 23.9 Å². The molecule has 1 atom stereocenters. The average molecular weight is 506 g/mol. The molecule has 0 aliphatic heterocycles. The number of aromatic nitrogens is 5. The molecule has 0 saturated heterocycles. The number of halogens is 2. The first-order valence-electron chi connectivity index (χ1n) is 11.1. The monoisotopic (exact) mass is 505 g/mol. The SMILES string of the molecule is Cn1cnc(-c2ccc3c(c2)ncn3-c2cc(-c3ccc(F)cc3F)cc(C3(NS(=O)[O-])CC3)n2)c1. The van der Waals surface area contributed by atoms with Gasteiger partial charge in [-0.25, -0.2) is 28.5 Å². The Morgan fingerprint density at radius 3 is 2.56 bits per heavy atom. The van der Waals surface area contributed by atoms with Crippen molar-refractivity contribution >= 4 is 22.3 Å². The molecule has 1 unspecified atom stereocenters. The summed E-state index contributed by atoms with van der Waals surface area (Å²) in [5.74, 6) is -0.972. The van der Waals surface area contributed by atoms with Gasteiger partial charge in [-0.3, -0.25) is 8.78 Å². The van der Waals surface area contributed by atoms with Crippen molar-refractivity contribution in [3.05, 3.63) is 84.7 Å². The summed E-state index contributed by atoms with van der Waals surface area (Å²) < 4.78 is 57.4. The van der Waals surface area contributed by atoms with E-state index in [4.69, 9.17) is 4.98 Å². The van der Waals surface area contributed by atoms with Crippen molar-refractivity contribution in [1.29, 1.82) is 0 Å². The van der Waals surface area contributed by atoms with Crippen LogP contribution in [0.15, 0.2) is 67.4 Å². The molecule has 1 saturated carbocycles. The van der Waals surface area contributed by atoms with E-state index in [1.807, 2.05) is 36.0 Å². The van der Waals surface area contributed by atoms with Crippen LogP contribution in [-0.4, -0.2) is 32.8 Å². The molecule has 0 bridgehead atoms. The minimum absolute atomic E-state index is 0.183. The normalized spacial score (nSPS) is 15.3. The van der Waals surface area contributed by atoms with Gasteiger partial charge in [0.05, 0.1) is 34.3 Å². The van der Waals surface area contributed by atoms with Crippen molar-refractivity contribution in [2.45, 2.75) is 18.4 Å². The lowest BCUT2D eigenvalue weighted by Crippen LogP contribution is -2.31. The van der Waals surface area contributed by atoms with Gasteiger partial charge in [0.15, 0.2) is 0 Å². The van der Waals surface area contributed by atoms with E-state index in [-0.39, 0.29) is 5.56 Å². The predicted molar refractivity (Wildman–Crippen MR) is 129 cm³/mol. The number of nitrogens with one attached hydrogen (secondary N) is 1. The summed E-state index contributed by atoms with van der Waals surface area (Å²) in [4.78, 5) is 13.7. The van der Waals surface area contributed by atoms with Gasteiger partial charge < -0.3 is 9.12 Å². The molecule has 1 N–H and O–H groups in total. The molecule has 2 aromatic carbocycles. The summed E-state index contributed by atoms with van der Waals surface area (Å²) >= 11 is -2.51. The molecular weight excluding hydrogens is 486 g/mol. The zero-order valence-electron chi connectivity index (χ0n) is 19.0. The van der Waals surface area contributed by atoms with E-state index < -0.39 is 28.4 Å². The van der Waals surface area contributed by atoms with Gasteiger partial charge in [-0.1, -0.05) is 6.07 Å². The maximum Gasteiger partial charge on any atom is 0.139 e. The molecule has 11 heteroatoms. The Hall–Kier alpha value is -3.80. The van der Waals surface area contributed by atoms with Crippen molar-refractivity contribution in [3.8, 4) is 28.2 Å². The van der Waals surface area contributed by atoms with Crippen LogP contribution in [0, 0.1) is 11.6 Å². The molecule has 0 amide bonds. The molecule has 1 aliphatic rings. The number of hydrogen-bond donors (Lipinski definition) is 1. The maximum absolute atomic E-state index is 14.7. The fourth-order valence-corrected chi connectivity index (χ4v) is 5.00. The Balaban J connectivity index is 1.50. The van der Waals surface area contributed by atoms with Crippen molar-refractivity contribution in [2.24, 2.45) is 7.05 Å². The van der Waals surface area contributed by atoms with Gasteiger partial charge in [0.1, 0.15) is 23.8 Å². The molecule has 1 aliphatic carbocycles. The van der Waals surface area contributed by atoms with E-state index in [2.05, 4.69) is 14.7 Å². The molecule has 36 heavy (non-hydrogen) atoms. The zero-order chi connectivity index (χ0) is 25.0. The second-order valence-electron chi connectivity index (χ2n) is 8.88. The highest BCUT2D eigenvalue weighted by atomic mass is 32.2. The van der Waals surface area contributed by atoms with Gasteiger partial charge in [-0.15, -0.1) is 0 Å². The molecule has 5 aromatic rings. The van der Waals surface area contributed by atoms with Gasteiger partial charge in [0.25, 0.3) is 0 Å². The average Bonchev–Trinajstić information content (AvgIpc) is 3.28. The predicted octanol–water partition coefficient (Wildman–Crippen LogP) is 4.14. The number of fused-ring (bicyclic) bond motifs is 1. The van der Waals surface area contributed by atoms with Crippen LogP contribution in [0.2, 0.25) is 0 Å². The van der Waals surface area contributed by atoms with Crippen molar-refractivity contribution < 1.29 is 17.5 Å². The Kier molecular flexibility index (Phi) is 5.29. The summed E-state index contributed by atoms with van der Waals surface area (Å²) in [6, 6.07) is 12.4. The van der Waals surface area contributed by atoms with Crippen LogP contribution in [0.5, 0.6) is 0 Å². The molecule has 0 radical (unpaired) electrons. The quantitative estimate of drug-likeness (QED) is 0.350. The number of rotatable bonds is 6. The van der Waals surface area contributed by atoms with E-state index in [1.54, 1.807) is 29.4 Å². The van der Waals surface area contributed by atoms with Crippen LogP contribution < -0.4 is 4.72 Å². The maximum atomic E-state index is 14.7. The van der Waals surface area contributed by atoms with E-state index in [0.29, 0.717) is 35.4 Å². The van der Waals surface area contributed by atoms with Crippen molar-refractivity contribution in [3.63, 3.8) is 0 Å². The van der Waals surface area contributed by atoms with Crippen LogP contribution in [0.25, 0.3) is 39.2 Å². The van der Waals surface area contributed by atoms with Gasteiger partial charge in [-0.05, 0) is 54.8 Å². The lowest BCUT2D eigenvalue weighted by molar-refractivity contribution is 0.498. The van der Waals surface area contributed by atoms with Crippen molar-refractivity contribution in [1.82, 2.24) is 28.8 Å². The highest BCUT2D eigenvalue weighted by Gasteiger charge is 2.46. The van der Waals surface area contributed by atoms with Gasteiger partial charge in [0, 0.05) is 41.7 Å². The van der Waals surface area contributed by atoms with E-state index in [1.165, 1.54) is 12.1 Å². The summed E-state index contributed by atoms with van der Waals surface area (Å²) in [5.41, 5.74) is 3.41. The molecule has 3 aromatic heterocycles. The third kappa shape index (κ3) is 4.00. The van der Waals surface area contributed by atoms with Gasteiger partial charge in [0.2, 0.25) is 0 Å². The molecule has 8 nitrogen and oxygen atoms in total. The molecule has 182 valence electrons. The molecule has 3 heterocycles. The Bertz CT molecular complexity index is 1660. The van der Waals surface area contributed by atoms with E-state index >= 15 is 0 Å². The first-order chi connectivity index (χ1) is 17.3. The summed E-state index contributed by atoms with van der Waals surface area (Å²) in [6.45, 7) is 0. The standard InChI is InChI=1S/C25H20F2N6O2S/c1-32-12-21(28-13-32)15-2-5-22-20(8-15)29-14-33(22)24-10-16(18-4-3-17(26)11-19(18)27)9-23(30-24)25(6-7-25)31-36(34)35/h2-5,8-14,31H,6-7H2,1H3,(H,34,35)/p-1. The van der Waals surface area contributed by atoms with Gasteiger partial charge in [-0.2, -0.15) is 0 Å². The van der Waals surface area contributed by atoms with E-state index in [9.17, 15) is 17.5 Å². The largest absolute Gasteiger partial charge is 0.760 e. The first-order valence-corrected chi connectivity index (χ1v) is 12.2. The molecule has 0 spiro atoms. The number of aryl methyl sites for hydroxylation is 1. The second-order valence-corrected chi connectivity index (χ2v) is 9.56. The van der Waals surface area contributed by atoms with Crippen molar-refractivity contribution in [2.75, 3.05) is 0 Å². The minimum Gasteiger partial charge on any atom is -0.760 e. The highest BCUT2D eigenvalue weighted by molar-refractivity contribution is 7.77.